The number of fused-ring (bicyclic) bond motifs is 1. The topological polar surface area (TPSA) is 63.8 Å². The zero-order valence-corrected chi connectivity index (χ0v) is 13.6. The van der Waals surface area contributed by atoms with E-state index in [2.05, 4.69) is 45.1 Å². The second-order valence-electron chi connectivity index (χ2n) is 5.14. The first-order valence-corrected chi connectivity index (χ1v) is 7.77. The summed E-state index contributed by atoms with van der Waals surface area (Å²) in [5, 5.41) is 3.50. The molecule has 0 unspecified atom stereocenters. The van der Waals surface area contributed by atoms with Gasteiger partial charge in [-0.2, -0.15) is 0 Å². The Morgan fingerprint density at radius 3 is 2.70 bits per heavy atom. The van der Waals surface area contributed by atoms with Crippen molar-refractivity contribution < 1.29 is 0 Å². The molecule has 0 spiro atoms. The lowest BCUT2D eigenvalue weighted by Crippen LogP contribution is -2.36. The molecule has 0 aliphatic rings. The highest BCUT2D eigenvalue weighted by Gasteiger charge is 2.24. The maximum Gasteiger partial charge on any atom is 0.112 e. The van der Waals surface area contributed by atoms with Gasteiger partial charge < -0.3 is 11.1 Å². The van der Waals surface area contributed by atoms with Gasteiger partial charge in [-0.1, -0.05) is 13.8 Å². The number of nitrogens with one attached hydrogen (secondary N) is 1. The molecule has 0 amide bonds. The van der Waals surface area contributed by atoms with E-state index < -0.39 is 0 Å². The van der Waals surface area contributed by atoms with Crippen LogP contribution < -0.4 is 11.1 Å². The number of rotatable bonds is 6. The molecule has 0 saturated heterocycles. The fraction of sp³-hybridized carbons (Fsp3) is 0.467. The average molecular weight is 337 g/mol. The van der Waals surface area contributed by atoms with Crippen LogP contribution in [0, 0.1) is 5.41 Å². The van der Waals surface area contributed by atoms with E-state index in [1.165, 1.54) is 0 Å². The molecule has 2 rings (SSSR count). The first-order valence-electron chi connectivity index (χ1n) is 6.98. The standard InChI is InChI=1S/C15H21BrN4/c1-3-15(4-2,9-17)10-20-12-5-6-18-13-7-11(16)8-19-14(12)13/h5-8H,3-4,9-10,17H2,1-2H3,(H,18,20). The smallest absolute Gasteiger partial charge is 0.112 e. The SMILES string of the molecule is CCC(CC)(CN)CNc1ccnc2cc(Br)cnc12. The highest BCUT2D eigenvalue weighted by Crippen LogP contribution is 2.27. The lowest BCUT2D eigenvalue weighted by atomic mass is 9.82. The summed E-state index contributed by atoms with van der Waals surface area (Å²) in [5.74, 6) is 0. The average Bonchev–Trinajstić information content (AvgIpc) is 2.49. The van der Waals surface area contributed by atoms with Crippen LogP contribution in [0.25, 0.3) is 11.0 Å². The molecule has 3 N–H and O–H groups in total. The van der Waals surface area contributed by atoms with Crippen LogP contribution in [0.5, 0.6) is 0 Å². The molecular formula is C15H21BrN4. The van der Waals surface area contributed by atoms with Crippen molar-refractivity contribution in [2.75, 3.05) is 18.4 Å². The zero-order chi connectivity index (χ0) is 14.6. The van der Waals surface area contributed by atoms with Gasteiger partial charge in [0.15, 0.2) is 0 Å². The van der Waals surface area contributed by atoms with Gasteiger partial charge in [0.25, 0.3) is 0 Å². The van der Waals surface area contributed by atoms with E-state index in [4.69, 9.17) is 5.73 Å². The maximum atomic E-state index is 5.95. The largest absolute Gasteiger partial charge is 0.383 e. The number of nitrogens with zero attached hydrogens (tertiary/aromatic N) is 2. The van der Waals surface area contributed by atoms with Gasteiger partial charge >= 0.3 is 0 Å². The second-order valence-corrected chi connectivity index (χ2v) is 6.06. The highest BCUT2D eigenvalue weighted by atomic mass is 79.9. The van der Waals surface area contributed by atoms with E-state index in [-0.39, 0.29) is 5.41 Å². The number of hydrogen-bond acceptors (Lipinski definition) is 4. The highest BCUT2D eigenvalue weighted by molar-refractivity contribution is 9.10. The molecule has 5 heteroatoms. The van der Waals surface area contributed by atoms with Gasteiger partial charge in [0.2, 0.25) is 0 Å². The molecule has 0 radical (unpaired) electrons. The van der Waals surface area contributed by atoms with Gasteiger partial charge in [-0.3, -0.25) is 9.97 Å². The van der Waals surface area contributed by atoms with Gasteiger partial charge in [0.1, 0.15) is 5.52 Å². The predicted molar refractivity (Wildman–Crippen MR) is 87.8 cm³/mol. The Kier molecular flexibility index (Phi) is 4.94. The van der Waals surface area contributed by atoms with Crippen molar-refractivity contribution >= 4 is 32.7 Å². The Labute approximate surface area is 128 Å². The molecule has 4 nitrogen and oxygen atoms in total. The summed E-state index contributed by atoms with van der Waals surface area (Å²) < 4.78 is 0.938. The summed E-state index contributed by atoms with van der Waals surface area (Å²) >= 11 is 3.42. The van der Waals surface area contributed by atoms with Crippen molar-refractivity contribution in [2.45, 2.75) is 26.7 Å². The van der Waals surface area contributed by atoms with Crippen molar-refractivity contribution in [2.24, 2.45) is 11.1 Å². The van der Waals surface area contributed by atoms with E-state index in [1.807, 2.05) is 12.1 Å². The van der Waals surface area contributed by atoms with Crippen molar-refractivity contribution in [3.8, 4) is 0 Å². The number of nitrogens with two attached hydrogens (primary N) is 1. The Morgan fingerprint density at radius 2 is 2.05 bits per heavy atom. The van der Waals surface area contributed by atoms with E-state index in [0.717, 1.165) is 40.6 Å². The summed E-state index contributed by atoms with van der Waals surface area (Å²) in [4.78, 5) is 8.81. The normalized spacial score (nSPS) is 11.8. The molecule has 0 fully saturated rings. The van der Waals surface area contributed by atoms with E-state index in [0.29, 0.717) is 6.54 Å². The molecule has 2 heterocycles. The van der Waals surface area contributed by atoms with E-state index in [1.54, 1.807) is 12.4 Å². The molecule has 108 valence electrons. The van der Waals surface area contributed by atoms with Crippen LogP contribution in [0.15, 0.2) is 29.0 Å². The van der Waals surface area contributed by atoms with Crippen LogP contribution in [-0.4, -0.2) is 23.1 Å². The number of pyridine rings is 2. The van der Waals surface area contributed by atoms with E-state index in [9.17, 15) is 0 Å². The van der Waals surface area contributed by atoms with Crippen molar-refractivity contribution in [3.63, 3.8) is 0 Å². The fourth-order valence-corrected chi connectivity index (χ4v) is 2.61. The minimum Gasteiger partial charge on any atom is -0.383 e. The zero-order valence-electron chi connectivity index (χ0n) is 12.0. The molecule has 0 saturated carbocycles. The molecule has 2 aromatic heterocycles. The molecule has 0 bridgehead atoms. The van der Waals surface area contributed by atoms with Gasteiger partial charge in [0.05, 0.1) is 11.2 Å². The minimum atomic E-state index is 0.144. The molecule has 0 aliphatic heterocycles. The third-order valence-corrected chi connectivity index (χ3v) is 4.56. The summed E-state index contributed by atoms with van der Waals surface area (Å²) in [6, 6.07) is 3.94. The lowest BCUT2D eigenvalue weighted by Gasteiger charge is -2.30. The monoisotopic (exact) mass is 336 g/mol. The van der Waals surface area contributed by atoms with E-state index >= 15 is 0 Å². The van der Waals surface area contributed by atoms with Crippen molar-refractivity contribution in [1.82, 2.24) is 9.97 Å². The van der Waals surface area contributed by atoms with Crippen molar-refractivity contribution in [3.05, 3.63) is 29.0 Å². The number of hydrogen-bond donors (Lipinski definition) is 2. The minimum absolute atomic E-state index is 0.144. The number of aromatic nitrogens is 2. The predicted octanol–water partition coefficient (Wildman–Crippen LogP) is 3.57. The van der Waals surface area contributed by atoms with Crippen molar-refractivity contribution in [1.29, 1.82) is 0 Å². The fourth-order valence-electron chi connectivity index (χ4n) is 2.29. The van der Waals surface area contributed by atoms with Gasteiger partial charge in [-0.25, -0.2) is 0 Å². The Bertz CT molecular complexity index is 573. The Balaban J connectivity index is 2.26. The van der Waals surface area contributed by atoms with Crippen LogP contribution in [0.2, 0.25) is 0 Å². The Hall–Kier alpha value is -1.20. The summed E-state index contributed by atoms with van der Waals surface area (Å²) in [6.07, 6.45) is 5.73. The quantitative estimate of drug-likeness (QED) is 0.846. The molecule has 0 atom stereocenters. The molecular weight excluding hydrogens is 316 g/mol. The third-order valence-electron chi connectivity index (χ3n) is 4.13. The first-order chi connectivity index (χ1) is 9.64. The van der Waals surface area contributed by atoms with Gasteiger partial charge in [0, 0.05) is 23.4 Å². The maximum absolute atomic E-state index is 5.95. The summed E-state index contributed by atoms with van der Waals surface area (Å²) in [5.41, 5.74) is 8.89. The van der Waals surface area contributed by atoms with Crippen LogP contribution in [0.1, 0.15) is 26.7 Å². The molecule has 20 heavy (non-hydrogen) atoms. The molecule has 2 aromatic rings. The Morgan fingerprint density at radius 1 is 1.30 bits per heavy atom. The molecule has 0 aliphatic carbocycles. The van der Waals surface area contributed by atoms with Crippen LogP contribution in [0.4, 0.5) is 5.69 Å². The van der Waals surface area contributed by atoms with Gasteiger partial charge in [-0.15, -0.1) is 0 Å². The van der Waals surface area contributed by atoms with Crippen LogP contribution in [0.3, 0.4) is 0 Å². The number of anilines is 1. The summed E-state index contributed by atoms with van der Waals surface area (Å²) in [6.45, 7) is 5.93. The number of halogens is 1. The van der Waals surface area contributed by atoms with Gasteiger partial charge in [-0.05, 0) is 52.9 Å². The summed E-state index contributed by atoms with van der Waals surface area (Å²) in [7, 11) is 0. The van der Waals surface area contributed by atoms with Crippen LogP contribution >= 0.6 is 15.9 Å². The second kappa shape index (κ2) is 6.50. The lowest BCUT2D eigenvalue weighted by molar-refractivity contribution is 0.295. The van der Waals surface area contributed by atoms with Crippen LogP contribution in [-0.2, 0) is 0 Å². The first kappa shape index (κ1) is 15.2. The third kappa shape index (κ3) is 3.10. The molecule has 0 aromatic carbocycles.